The number of pyridine rings is 2. The number of aromatic nitrogens is 4. The summed E-state index contributed by atoms with van der Waals surface area (Å²) in [6.45, 7) is 9.15. The monoisotopic (exact) mass is 633 g/mol. The molecule has 236 valence electrons. The molecule has 0 spiro atoms. The lowest BCUT2D eigenvalue weighted by Gasteiger charge is -2.47. The Morgan fingerprint density at radius 3 is 1.69 bits per heavy atom. The van der Waals surface area contributed by atoms with E-state index in [9.17, 15) is 0 Å². The number of hydrogen-bond acceptors (Lipinski definition) is 5. The van der Waals surface area contributed by atoms with E-state index in [0.717, 1.165) is 62.1 Å². The minimum absolute atomic E-state index is 0.380. The topological polar surface area (TPSA) is 54.8 Å². The molecule has 4 aromatic carbocycles. The first kappa shape index (κ1) is 29.2. The van der Waals surface area contributed by atoms with Gasteiger partial charge in [-0.1, -0.05) is 123 Å². The van der Waals surface area contributed by atoms with Crippen molar-refractivity contribution in [2.45, 2.75) is 38.5 Å². The second-order valence-corrected chi connectivity index (χ2v) is 14.0. The van der Waals surface area contributed by atoms with Gasteiger partial charge in [-0.15, -0.1) is 0 Å². The van der Waals surface area contributed by atoms with E-state index in [-0.39, 0.29) is 5.41 Å². The van der Waals surface area contributed by atoms with Gasteiger partial charge in [0.15, 0.2) is 0 Å². The van der Waals surface area contributed by atoms with Crippen molar-refractivity contribution in [3.05, 3.63) is 162 Å². The molecule has 7 aromatic rings. The Kier molecular flexibility index (Phi) is 6.44. The molecule has 9 rings (SSSR count). The number of hydrogen-bond donors (Lipinski definition) is 0. The Hall–Kier alpha value is -5.94. The first-order valence-electron chi connectivity index (χ1n) is 16.8. The molecule has 2 aliphatic heterocycles. The number of nitrogens with zero attached hydrogens (tertiary/aromatic N) is 5. The molecule has 2 aliphatic rings. The van der Waals surface area contributed by atoms with E-state index in [1.165, 1.54) is 22.3 Å². The van der Waals surface area contributed by atoms with Gasteiger partial charge in [0.25, 0.3) is 0 Å². The Morgan fingerprint density at radius 2 is 1.06 bits per heavy atom. The van der Waals surface area contributed by atoms with Crippen LogP contribution < -0.4 is 4.90 Å². The van der Waals surface area contributed by atoms with Crippen molar-refractivity contribution in [3.8, 4) is 44.8 Å². The highest BCUT2D eigenvalue weighted by Crippen LogP contribution is 2.59. The third-order valence-corrected chi connectivity index (χ3v) is 10.4. The van der Waals surface area contributed by atoms with Crippen LogP contribution in [0.3, 0.4) is 0 Å². The summed E-state index contributed by atoms with van der Waals surface area (Å²) in [6, 6.07) is 42.9. The minimum atomic E-state index is -0.440. The summed E-state index contributed by atoms with van der Waals surface area (Å²) in [5.74, 6) is 0.879. The van der Waals surface area contributed by atoms with E-state index >= 15 is 0 Å². The Balaban J connectivity index is 1.31. The second kappa shape index (κ2) is 10.8. The average molecular weight is 634 g/mol. The predicted octanol–water partition coefficient (Wildman–Crippen LogP) is 10.7. The highest BCUT2D eigenvalue weighted by atomic mass is 15.2. The molecule has 0 radical (unpaired) electrons. The molecule has 3 aromatic heterocycles. The molecule has 0 N–H and O–H groups in total. The van der Waals surface area contributed by atoms with Crippen LogP contribution in [0, 0.1) is 0 Å². The summed E-state index contributed by atoms with van der Waals surface area (Å²) in [5.41, 5.74) is 14.5. The van der Waals surface area contributed by atoms with E-state index in [0.29, 0.717) is 0 Å². The van der Waals surface area contributed by atoms with Crippen LogP contribution in [0.25, 0.3) is 44.8 Å². The summed E-state index contributed by atoms with van der Waals surface area (Å²) in [6.07, 6.45) is 5.63. The zero-order chi connectivity index (χ0) is 33.3. The van der Waals surface area contributed by atoms with Gasteiger partial charge in [0, 0.05) is 33.7 Å². The number of benzene rings is 4. The Labute approximate surface area is 287 Å². The summed E-state index contributed by atoms with van der Waals surface area (Å²) in [4.78, 5) is 22.4. The van der Waals surface area contributed by atoms with Crippen molar-refractivity contribution >= 4 is 17.2 Å². The van der Waals surface area contributed by atoms with Crippen LogP contribution in [0.15, 0.2) is 140 Å². The Bertz CT molecular complexity index is 2400. The molecule has 5 heterocycles. The van der Waals surface area contributed by atoms with E-state index in [2.05, 4.69) is 159 Å². The molecule has 0 amide bonds. The predicted molar refractivity (Wildman–Crippen MR) is 198 cm³/mol. The van der Waals surface area contributed by atoms with E-state index in [4.69, 9.17) is 15.0 Å². The molecule has 0 aliphatic carbocycles. The fraction of sp³-hybridized carbons (Fsp3) is 0.136. The van der Waals surface area contributed by atoms with Crippen molar-refractivity contribution in [1.82, 2.24) is 19.9 Å². The fourth-order valence-corrected chi connectivity index (χ4v) is 7.80. The minimum Gasteiger partial charge on any atom is -0.291 e. The van der Waals surface area contributed by atoms with Crippen LogP contribution in [-0.2, 0) is 10.8 Å². The van der Waals surface area contributed by atoms with Crippen molar-refractivity contribution < 1.29 is 0 Å². The van der Waals surface area contributed by atoms with Crippen LogP contribution in [0.1, 0.15) is 50.1 Å². The molecule has 5 heteroatoms. The average Bonchev–Trinajstić information content (AvgIpc) is 3.15. The summed E-state index contributed by atoms with van der Waals surface area (Å²) in [5, 5.41) is 0. The molecular formula is C44H35N5. The summed E-state index contributed by atoms with van der Waals surface area (Å²) in [7, 11) is 0. The maximum atomic E-state index is 5.55. The third kappa shape index (κ3) is 4.39. The van der Waals surface area contributed by atoms with Gasteiger partial charge < -0.3 is 0 Å². The first-order chi connectivity index (χ1) is 23.8. The highest BCUT2D eigenvalue weighted by Gasteiger charge is 2.48. The van der Waals surface area contributed by atoms with Gasteiger partial charge in [-0.25, -0.2) is 15.0 Å². The first-order valence-corrected chi connectivity index (χ1v) is 16.8. The number of rotatable bonds is 4. The molecule has 0 fully saturated rings. The molecule has 0 unspecified atom stereocenters. The summed E-state index contributed by atoms with van der Waals surface area (Å²) < 4.78 is 0. The molecular weight excluding hydrogens is 599 g/mol. The van der Waals surface area contributed by atoms with Gasteiger partial charge in [-0.05, 0) is 59.4 Å². The largest absolute Gasteiger partial charge is 0.291 e. The van der Waals surface area contributed by atoms with Crippen LogP contribution in [-0.4, -0.2) is 19.9 Å². The van der Waals surface area contributed by atoms with Crippen LogP contribution >= 0.6 is 0 Å². The van der Waals surface area contributed by atoms with Crippen LogP contribution in [0.5, 0.6) is 0 Å². The van der Waals surface area contributed by atoms with E-state index < -0.39 is 5.41 Å². The summed E-state index contributed by atoms with van der Waals surface area (Å²) >= 11 is 0. The molecule has 0 bridgehead atoms. The number of anilines is 3. The lowest BCUT2D eigenvalue weighted by Crippen LogP contribution is -2.39. The van der Waals surface area contributed by atoms with Gasteiger partial charge in [-0.2, -0.15) is 0 Å². The molecule has 0 atom stereocenters. The van der Waals surface area contributed by atoms with Crippen molar-refractivity contribution in [2.75, 3.05) is 4.90 Å². The molecule has 0 saturated carbocycles. The van der Waals surface area contributed by atoms with Crippen molar-refractivity contribution in [1.29, 1.82) is 0 Å². The zero-order valence-corrected chi connectivity index (χ0v) is 28.0. The van der Waals surface area contributed by atoms with Crippen molar-refractivity contribution in [2.24, 2.45) is 0 Å². The van der Waals surface area contributed by atoms with Crippen molar-refractivity contribution in [3.63, 3.8) is 0 Å². The third-order valence-electron chi connectivity index (χ3n) is 10.4. The normalized spacial score (nSPS) is 14.8. The lowest BCUT2D eigenvalue weighted by atomic mass is 9.68. The smallest absolute Gasteiger partial charge is 0.145 e. The van der Waals surface area contributed by atoms with Gasteiger partial charge in [0.05, 0.1) is 34.7 Å². The highest BCUT2D eigenvalue weighted by molar-refractivity contribution is 5.93. The van der Waals surface area contributed by atoms with Gasteiger partial charge in [0.1, 0.15) is 12.1 Å². The van der Waals surface area contributed by atoms with Gasteiger partial charge >= 0.3 is 0 Å². The maximum absolute atomic E-state index is 5.55. The molecule has 49 heavy (non-hydrogen) atoms. The van der Waals surface area contributed by atoms with Crippen LogP contribution in [0.4, 0.5) is 17.2 Å². The SMILES string of the molecule is CC1(C)c2cc(-c3ccccc3-c3ccccc3)ncc2N2c3ncncc3C(C)(C)c3nc(-c4ccccc4-c4ccccc4)cc1c32. The van der Waals surface area contributed by atoms with Gasteiger partial charge in [-0.3, -0.25) is 9.88 Å². The lowest BCUT2D eigenvalue weighted by molar-refractivity contribution is 0.575. The second-order valence-electron chi connectivity index (χ2n) is 14.0. The van der Waals surface area contributed by atoms with Gasteiger partial charge in [0.2, 0.25) is 0 Å². The molecule has 5 nitrogen and oxygen atoms in total. The maximum Gasteiger partial charge on any atom is 0.145 e. The molecule has 0 saturated heterocycles. The van der Waals surface area contributed by atoms with Crippen LogP contribution in [0.2, 0.25) is 0 Å². The quantitative estimate of drug-likeness (QED) is 0.193. The number of fused-ring (bicyclic) bond motifs is 4. The van der Waals surface area contributed by atoms with E-state index in [1.54, 1.807) is 6.33 Å². The zero-order valence-electron chi connectivity index (χ0n) is 28.0. The fourth-order valence-electron chi connectivity index (χ4n) is 7.80. The standard InChI is InChI=1S/C44H35N5/c1-43(2)34-23-37(32-21-13-11-19-30(32)28-15-7-5-8-16-28)46-26-39(34)49-40-35(43)24-38(33-22-14-12-20-31(33)29-17-9-6-10-18-29)48-41(40)44(3,4)36-25-45-27-47-42(36)49/h5-27H,1-4H3. The Morgan fingerprint density at radius 1 is 0.510 bits per heavy atom. The van der Waals surface area contributed by atoms with E-state index in [1.807, 2.05) is 12.4 Å².